The first-order valence-electron chi connectivity index (χ1n) is 6.15. The van der Waals surface area contributed by atoms with E-state index < -0.39 is 11.7 Å². The van der Waals surface area contributed by atoms with Crippen molar-refractivity contribution in [3.63, 3.8) is 0 Å². The molecule has 0 radical (unpaired) electrons. The summed E-state index contributed by atoms with van der Waals surface area (Å²) in [7, 11) is 0. The summed E-state index contributed by atoms with van der Waals surface area (Å²) in [6.07, 6.45) is -0.553. The first-order chi connectivity index (χ1) is 8.81. The molecule has 1 atom stereocenters. The topological polar surface area (TPSA) is 58.6 Å². The highest BCUT2D eigenvalue weighted by Crippen LogP contribution is 2.16. The van der Waals surface area contributed by atoms with Crippen molar-refractivity contribution < 1.29 is 19.0 Å². The van der Waals surface area contributed by atoms with Crippen molar-refractivity contribution in [2.45, 2.75) is 32.3 Å². The first kappa shape index (κ1) is 15.4. The zero-order chi connectivity index (χ0) is 14.5. The molecule has 0 aliphatic rings. The molecule has 0 saturated heterocycles. The molecule has 0 heterocycles. The van der Waals surface area contributed by atoms with Gasteiger partial charge in [-0.05, 0) is 38.5 Å². The Hall–Kier alpha value is -1.62. The summed E-state index contributed by atoms with van der Waals surface area (Å²) in [6.45, 7) is 5.31. The molecule has 0 fully saturated rings. The third kappa shape index (κ3) is 5.70. The van der Waals surface area contributed by atoms with Crippen LogP contribution in [-0.2, 0) is 4.74 Å². The third-order valence-electron chi connectivity index (χ3n) is 2.43. The number of benzene rings is 1. The molecule has 1 aromatic rings. The van der Waals surface area contributed by atoms with Crippen molar-refractivity contribution in [1.29, 1.82) is 0 Å². The van der Waals surface area contributed by atoms with Crippen molar-refractivity contribution in [3.05, 3.63) is 35.6 Å². The van der Waals surface area contributed by atoms with Crippen LogP contribution in [-0.4, -0.2) is 30.0 Å². The maximum Gasteiger partial charge on any atom is 0.407 e. The minimum atomic E-state index is -0.572. The number of alkyl carbamates (subject to hydrolysis) is 1. The molecule has 106 valence electrons. The van der Waals surface area contributed by atoms with E-state index in [0.717, 1.165) is 0 Å². The maximum atomic E-state index is 13.1. The van der Waals surface area contributed by atoms with Crippen LogP contribution in [0.15, 0.2) is 24.3 Å². The van der Waals surface area contributed by atoms with E-state index in [9.17, 15) is 14.3 Å². The van der Waals surface area contributed by atoms with Gasteiger partial charge in [0.1, 0.15) is 11.4 Å². The van der Waals surface area contributed by atoms with Crippen molar-refractivity contribution in [2.24, 2.45) is 0 Å². The van der Waals surface area contributed by atoms with E-state index >= 15 is 0 Å². The number of rotatable bonds is 4. The van der Waals surface area contributed by atoms with Crippen LogP contribution in [0.3, 0.4) is 0 Å². The van der Waals surface area contributed by atoms with Crippen LogP contribution in [0.1, 0.15) is 32.3 Å². The molecular formula is C14H20FNO3. The van der Waals surface area contributed by atoms with E-state index in [0.29, 0.717) is 5.56 Å². The Morgan fingerprint density at radius 2 is 2.16 bits per heavy atom. The second-order valence-corrected chi connectivity index (χ2v) is 5.32. The minimum absolute atomic E-state index is 0.181. The highest BCUT2D eigenvalue weighted by atomic mass is 19.1. The molecule has 0 aromatic heterocycles. The molecule has 5 heteroatoms. The molecule has 1 rings (SSSR count). The first-order valence-corrected chi connectivity index (χ1v) is 6.15. The predicted molar refractivity (Wildman–Crippen MR) is 70.5 cm³/mol. The van der Waals surface area contributed by atoms with E-state index in [2.05, 4.69) is 5.32 Å². The highest BCUT2D eigenvalue weighted by molar-refractivity contribution is 5.67. The molecule has 0 bridgehead atoms. The van der Waals surface area contributed by atoms with Crippen LogP contribution in [0.5, 0.6) is 0 Å². The predicted octanol–water partition coefficient (Wildman–Crippen LogP) is 2.43. The Labute approximate surface area is 112 Å². The largest absolute Gasteiger partial charge is 0.444 e. The summed E-state index contributed by atoms with van der Waals surface area (Å²) in [5.41, 5.74) is 0.0658. The Morgan fingerprint density at radius 3 is 2.68 bits per heavy atom. The number of carbonyl (C=O) groups is 1. The average molecular weight is 269 g/mol. The van der Waals surface area contributed by atoms with Crippen LogP contribution in [0.2, 0.25) is 0 Å². The summed E-state index contributed by atoms with van der Waals surface area (Å²) in [5, 5.41) is 11.9. The lowest BCUT2D eigenvalue weighted by molar-refractivity contribution is 0.0521. The van der Waals surface area contributed by atoms with Crippen molar-refractivity contribution in [2.75, 3.05) is 13.2 Å². The SMILES string of the molecule is CC(C)(C)OC(=O)NC[C@H](CO)c1cccc(F)c1. The lowest BCUT2D eigenvalue weighted by Gasteiger charge is -2.21. The van der Waals surface area contributed by atoms with Crippen LogP contribution in [0.25, 0.3) is 0 Å². The van der Waals surface area contributed by atoms with Gasteiger partial charge < -0.3 is 15.2 Å². The molecule has 1 aromatic carbocycles. The Kier molecular flexibility index (Phi) is 5.30. The Morgan fingerprint density at radius 1 is 1.47 bits per heavy atom. The van der Waals surface area contributed by atoms with E-state index in [1.807, 2.05) is 0 Å². The molecule has 1 amide bonds. The summed E-state index contributed by atoms with van der Waals surface area (Å²) >= 11 is 0. The van der Waals surface area contributed by atoms with Crippen LogP contribution >= 0.6 is 0 Å². The fourth-order valence-corrected chi connectivity index (χ4v) is 1.57. The van der Waals surface area contributed by atoms with Gasteiger partial charge in [0.05, 0.1) is 6.61 Å². The van der Waals surface area contributed by atoms with Gasteiger partial charge in [0.15, 0.2) is 0 Å². The molecule has 0 unspecified atom stereocenters. The molecule has 4 nitrogen and oxygen atoms in total. The monoisotopic (exact) mass is 269 g/mol. The van der Waals surface area contributed by atoms with Gasteiger partial charge in [-0.2, -0.15) is 0 Å². The standard InChI is InChI=1S/C14H20FNO3/c1-14(2,3)19-13(18)16-8-11(9-17)10-5-4-6-12(15)7-10/h4-7,11,17H,8-9H2,1-3H3,(H,16,18)/t11-/m1/s1. The fourth-order valence-electron chi connectivity index (χ4n) is 1.57. The molecule has 19 heavy (non-hydrogen) atoms. The number of aliphatic hydroxyl groups is 1. The second-order valence-electron chi connectivity index (χ2n) is 5.32. The van der Waals surface area contributed by atoms with Gasteiger partial charge >= 0.3 is 6.09 Å². The molecule has 2 N–H and O–H groups in total. The van der Waals surface area contributed by atoms with Crippen molar-refractivity contribution in [3.8, 4) is 0 Å². The lowest BCUT2D eigenvalue weighted by atomic mass is 10.00. The summed E-state index contributed by atoms with van der Waals surface area (Å²) < 4.78 is 18.2. The van der Waals surface area contributed by atoms with E-state index in [1.165, 1.54) is 12.1 Å². The van der Waals surface area contributed by atoms with Crippen LogP contribution in [0.4, 0.5) is 9.18 Å². The molecule has 0 aliphatic heterocycles. The highest BCUT2D eigenvalue weighted by Gasteiger charge is 2.18. The van der Waals surface area contributed by atoms with Gasteiger partial charge in [-0.3, -0.25) is 0 Å². The molecule has 0 aliphatic carbocycles. The number of hydrogen-bond acceptors (Lipinski definition) is 3. The summed E-state index contributed by atoms with van der Waals surface area (Å²) in [6, 6.07) is 5.96. The maximum absolute atomic E-state index is 13.1. The van der Waals surface area contributed by atoms with Gasteiger partial charge in [-0.15, -0.1) is 0 Å². The molecular weight excluding hydrogens is 249 g/mol. The van der Waals surface area contributed by atoms with Crippen LogP contribution < -0.4 is 5.32 Å². The number of nitrogens with one attached hydrogen (secondary N) is 1. The van der Waals surface area contributed by atoms with E-state index in [-0.39, 0.29) is 24.9 Å². The van der Waals surface area contributed by atoms with Crippen molar-refractivity contribution >= 4 is 6.09 Å². The number of hydrogen-bond donors (Lipinski definition) is 2. The van der Waals surface area contributed by atoms with Crippen LogP contribution in [0, 0.1) is 5.82 Å². The third-order valence-corrected chi connectivity index (χ3v) is 2.43. The van der Waals surface area contributed by atoms with E-state index in [1.54, 1.807) is 32.9 Å². The quantitative estimate of drug-likeness (QED) is 0.882. The molecule has 0 spiro atoms. The lowest BCUT2D eigenvalue weighted by Crippen LogP contribution is -2.35. The van der Waals surface area contributed by atoms with Gasteiger partial charge in [0.25, 0.3) is 0 Å². The smallest absolute Gasteiger partial charge is 0.407 e. The second kappa shape index (κ2) is 6.52. The van der Waals surface area contributed by atoms with Gasteiger partial charge in [0, 0.05) is 12.5 Å². The zero-order valence-corrected chi connectivity index (χ0v) is 11.4. The fraction of sp³-hybridized carbons (Fsp3) is 0.500. The summed E-state index contributed by atoms with van der Waals surface area (Å²) in [4.78, 5) is 11.5. The molecule has 0 saturated carbocycles. The van der Waals surface area contributed by atoms with Crippen molar-refractivity contribution in [1.82, 2.24) is 5.32 Å². The number of halogens is 1. The minimum Gasteiger partial charge on any atom is -0.444 e. The number of aliphatic hydroxyl groups excluding tert-OH is 1. The van der Waals surface area contributed by atoms with Gasteiger partial charge in [-0.1, -0.05) is 12.1 Å². The number of amides is 1. The number of carbonyl (C=O) groups excluding carboxylic acids is 1. The Balaban J connectivity index is 2.56. The Bertz CT molecular complexity index is 429. The zero-order valence-electron chi connectivity index (χ0n) is 11.4. The number of ether oxygens (including phenoxy) is 1. The summed E-state index contributed by atoms with van der Waals surface area (Å²) in [5.74, 6) is -0.726. The van der Waals surface area contributed by atoms with Gasteiger partial charge in [0.2, 0.25) is 0 Å². The average Bonchev–Trinajstić information content (AvgIpc) is 2.27. The normalized spacial score (nSPS) is 12.9. The van der Waals surface area contributed by atoms with E-state index in [4.69, 9.17) is 4.74 Å². The van der Waals surface area contributed by atoms with Gasteiger partial charge in [-0.25, -0.2) is 9.18 Å².